The molecular formula is C28H27ClFNO5S. The summed E-state index contributed by atoms with van der Waals surface area (Å²) in [5, 5.41) is 0.284. The Hall–Kier alpha value is -3.36. The van der Waals surface area contributed by atoms with E-state index >= 15 is 0 Å². The molecule has 0 aromatic heterocycles. The quantitative estimate of drug-likeness (QED) is 0.260. The van der Waals surface area contributed by atoms with Crippen molar-refractivity contribution in [2.45, 2.75) is 37.7 Å². The first kappa shape index (κ1) is 26.7. The van der Waals surface area contributed by atoms with Crippen LogP contribution in [-0.2, 0) is 19.6 Å². The number of hydrogen-bond acceptors (Lipinski definition) is 5. The Kier molecular flexibility index (Phi) is 7.90. The molecule has 3 aromatic carbocycles. The molecule has 194 valence electrons. The van der Waals surface area contributed by atoms with Gasteiger partial charge >= 0.3 is 5.97 Å². The van der Waals surface area contributed by atoms with Crippen LogP contribution in [-0.4, -0.2) is 34.1 Å². The normalized spacial score (nSPS) is 15.6. The van der Waals surface area contributed by atoms with E-state index in [0.717, 1.165) is 5.56 Å². The average Bonchev–Trinajstić information content (AvgIpc) is 2.86. The van der Waals surface area contributed by atoms with Crippen molar-refractivity contribution in [1.29, 1.82) is 0 Å². The maximum Gasteiger partial charge on any atom is 0.305 e. The van der Waals surface area contributed by atoms with Crippen molar-refractivity contribution in [1.82, 2.24) is 0 Å². The van der Waals surface area contributed by atoms with E-state index in [1.165, 1.54) is 23.5 Å². The minimum Gasteiger partial charge on any atom is -0.486 e. The van der Waals surface area contributed by atoms with Gasteiger partial charge < -0.3 is 9.47 Å². The number of esters is 1. The van der Waals surface area contributed by atoms with Crippen LogP contribution in [0.4, 0.5) is 10.1 Å². The van der Waals surface area contributed by atoms with Crippen LogP contribution in [0.15, 0.2) is 65.6 Å². The zero-order valence-corrected chi connectivity index (χ0v) is 22.3. The number of benzene rings is 3. The van der Waals surface area contributed by atoms with Crippen molar-refractivity contribution in [3.63, 3.8) is 0 Å². The van der Waals surface area contributed by atoms with Crippen molar-refractivity contribution in [2.24, 2.45) is 0 Å². The van der Waals surface area contributed by atoms with Crippen LogP contribution in [0.3, 0.4) is 0 Å². The van der Waals surface area contributed by atoms with Gasteiger partial charge in [-0.2, -0.15) is 0 Å². The summed E-state index contributed by atoms with van der Waals surface area (Å²) in [6, 6.07) is 16.3. The van der Waals surface area contributed by atoms with Crippen molar-refractivity contribution >= 4 is 44.9 Å². The zero-order valence-electron chi connectivity index (χ0n) is 20.7. The molecule has 0 fully saturated rings. The first-order valence-corrected chi connectivity index (χ1v) is 13.5. The number of carbonyl (C=O) groups excluding carboxylic acids is 1. The topological polar surface area (TPSA) is 72.9 Å². The van der Waals surface area contributed by atoms with Gasteiger partial charge in [0.2, 0.25) is 0 Å². The van der Waals surface area contributed by atoms with Gasteiger partial charge in [-0.25, -0.2) is 12.8 Å². The van der Waals surface area contributed by atoms with Gasteiger partial charge in [-0.3, -0.25) is 9.10 Å². The number of anilines is 1. The molecule has 0 aliphatic carbocycles. The molecule has 0 spiro atoms. The summed E-state index contributed by atoms with van der Waals surface area (Å²) < 4.78 is 54.1. The van der Waals surface area contributed by atoms with Gasteiger partial charge in [0.25, 0.3) is 10.0 Å². The highest BCUT2D eigenvalue weighted by molar-refractivity contribution is 7.92. The summed E-state index contributed by atoms with van der Waals surface area (Å²) in [5.41, 5.74) is 2.69. The van der Waals surface area contributed by atoms with E-state index < -0.39 is 27.9 Å². The Morgan fingerprint density at radius 3 is 2.65 bits per heavy atom. The Labute approximate surface area is 221 Å². The molecule has 0 saturated heterocycles. The number of halogens is 2. The van der Waals surface area contributed by atoms with E-state index in [4.69, 9.17) is 21.1 Å². The predicted octanol–water partition coefficient (Wildman–Crippen LogP) is 6.26. The molecule has 37 heavy (non-hydrogen) atoms. The molecule has 1 heterocycles. The second-order valence-corrected chi connectivity index (χ2v) is 11.1. The second-order valence-electron chi connectivity index (χ2n) is 8.86. The minimum absolute atomic E-state index is 0.0194. The lowest BCUT2D eigenvalue weighted by molar-refractivity contribution is -0.141. The average molecular weight is 544 g/mol. The molecule has 1 aliphatic heterocycles. The van der Waals surface area contributed by atoms with Crippen LogP contribution in [0.5, 0.6) is 5.75 Å². The van der Waals surface area contributed by atoms with Crippen LogP contribution in [0.2, 0.25) is 5.02 Å². The maximum atomic E-state index is 14.4. The smallest absolute Gasteiger partial charge is 0.305 e. The summed E-state index contributed by atoms with van der Waals surface area (Å²) in [5.74, 6) is -0.471. The van der Waals surface area contributed by atoms with E-state index in [2.05, 4.69) is 0 Å². The van der Waals surface area contributed by atoms with Gasteiger partial charge in [-0.05, 0) is 73.4 Å². The molecule has 6 nitrogen and oxygen atoms in total. The monoisotopic (exact) mass is 543 g/mol. The number of fused-ring (bicyclic) bond motifs is 1. The Balaban J connectivity index is 1.77. The van der Waals surface area contributed by atoms with Gasteiger partial charge in [-0.1, -0.05) is 41.9 Å². The first-order chi connectivity index (χ1) is 17.6. The summed E-state index contributed by atoms with van der Waals surface area (Å²) in [4.78, 5) is 11.9. The molecule has 3 aromatic rings. The van der Waals surface area contributed by atoms with Gasteiger partial charge in [-0.15, -0.1) is 0 Å². The number of nitrogens with zero attached hydrogens (tertiary/aromatic N) is 1. The number of allylic oxidation sites excluding steroid dienone is 1. The van der Waals surface area contributed by atoms with Gasteiger partial charge in [0, 0.05) is 12.0 Å². The fourth-order valence-corrected chi connectivity index (χ4v) is 6.19. The summed E-state index contributed by atoms with van der Waals surface area (Å²) in [7, 11) is -2.65. The van der Waals surface area contributed by atoms with Crippen molar-refractivity contribution < 1.29 is 27.1 Å². The Morgan fingerprint density at radius 2 is 1.95 bits per heavy atom. The number of aryl methyl sites for hydroxylation is 1. The number of ether oxygens (including phenoxy) is 2. The molecule has 0 radical (unpaired) electrons. The van der Waals surface area contributed by atoms with Crippen molar-refractivity contribution in [3.05, 3.63) is 88.2 Å². The standard InChI is InChI=1S/C28H27ClFNO5S/c1-18-6-4-7-22(14-18)37(33,34)31-17-21(11-13-27(32)35-3)36-26-12-10-20(16-25(26)31)15-19(2)28-23(29)8-5-9-24(28)30/h4-10,12,14-16,21H,11,13,17H2,1-3H3/b19-15+/t21-/m0/s1. The van der Waals surface area contributed by atoms with E-state index in [1.807, 2.05) is 13.0 Å². The molecule has 9 heteroatoms. The van der Waals surface area contributed by atoms with Crippen LogP contribution >= 0.6 is 11.6 Å². The van der Waals surface area contributed by atoms with E-state index in [0.29, 0.717) is 29.0 Å². The molecule has 0 N–H and O–H groups in total. The fourth-order valence-electron chi connectivity index (χ4n) is 4.28. The Bertz CT molecular complexity index is 1450. The molecule has 0 amide bonds. The van der Waals surface area contributed by atoms with Gasteiger partial charge in [0.05, 0.1) is 29.3 Å². The third kappa shape index (κ3) is 5.81. The molecule has 0 saturated carbocycles. The summed E-state index contributed by atoms with van der Waals surface area (Å²) in [6.45, 7) is 3.58. The lowest BCUT2D eigenvalue weighted by Crippen LogP contribution is -2.43. The molecule has 0 unspecified atom stereocenters. The zero-order chi connectivity index (χ0) is 26.7. The molecule has 1 aliphatic rings. The molecule has 4 rings (SSSR count). The lowest BCUT2D eigenvalue weighted by Gasteiger charge is -2.35. The fraction of sp³-hybridized carbons (Fsp3) is 0.250. The van der Waals surface area contributed by atoms with Crippen LogP contribution < -0.4 is 9.04 Å². The lowest BCUT2D eigenvalue weighted by atomic mass is 10.0. The number of sulfonamides is 1. The summed E-state index contributed by atoms with van der Waals surface area (Å²) in [6.07, 6.45) is 1.58. The maximum absolute atomic E-state index is 14.4. The summed E-state index contributed by atoms with van der Waals surface area (Å²) >= 11 is 6.23. The van der Waals surface area contributed by atoms with Crippen LogP contribution in [0.25, 0.3) is 11.6 Å². The second kappa shape index (κ2) is 10.9. The largest absolute Gasteiger partial charge is 0.486 e. The Morgan fingerprint density at radius 1 is 1.19 bits per heavy atom. The number of carbonyl (C=O) groups is 1. The highest BCUT2D eigenvalue weighted by Gasteiger charge is 2.35. The molecule has 0 bridgehead atoms. The first-order valence-electron chi connectivity index (χ1n) is 11.7. The third-order valence-corrected chi connectivity index (χ3v) is 8.22. The van der Waals surface area contributed by atoms with E-state index in [1.54, 1.807) is 55.5 Å². The number of hydrogen-bond donors (Lipinski definition) is 0. The number of rotatable bonds is 7. The van der Waals surface area contributed by atoms with Crippen molar-refractivity contribution in [2.75, 3.05) is 18.0 Å². The third-order valence-electron chi connectivity index (χ3n) is 6.13. The highest BCUT2D eigenvalue weighted by Crippen LogP contribution is 2.39. The van der Waals surface area contributed by atoms with Crippen molar-refractivity contribution in [3.8, 4) is 5.75 Å². The van der Waals surface area contributed by atoms with Gasteiger partial charge in [0.15, 0.2) is 0 Å². The van der Waals surface area contributed by atoms with Crippen LogP contribution in [0, 0.1) is 12.7 Å². The SMILES string of the molecule is COC(=O)CC[C@H]1CN(S(=O)(=O)c2cccc(C)c2)c2cc(/C=C(\C)c3c(F)cccc3Cl)ccc2O1. The number of methoxy groups -OCH3 is 1. The minimum atomic E-state index is -3.95. The van der Waals surface area contributed by atoms with Crippen LogP contribution in [0.1, 0.15) is 36.5 Å². The van der Waals surface area contributed by atoms with Gasteiger partial charge in [0.1, 0.15) is 17.7 Å². The molecule has 1 atom stereocenters. The molecular weight excluding hydrogens is 517 g/mol. The predicted molar refractivity (Wildman–Crippen MR) is 143 cm³/mol. The highest BCUT2D eigenvalue weighted by atomic mass is 35.5. The van der Waals surface area contributed by atoms with E-state index in [9.17, 15) is 17.6 Å². The van der Waals surface area contributed by atoms with E-state index in [-0.39, 0.29) is 28.4 Å².